The number of nitrogens with zero attached hydrogens (tertiary/aromatic N) is 1. The molecule has 2 aromatic rings. The summed E-state index contributed by atoms with van der Waals surface area (Å²) >= 11 is 0. The Balaban J connectivity index is 0.000000312. The van der Waals surface area contributed by atoms with E-state index in [9.17, 15) is 24.0 Å². The molecule has 3 aliphatic heterocycles. The van der Waals surface area contributed by atoms with Gasteiger partial charge >= 0.3 is 11.9 Å². The number of benzene rings is 2. The van der Waals surface area contributed by atoms with Gasteiger partial charge in [-0.25, -0.2) is 9.59 Å². The number of hydrogen-bond donors (Lipinski definition) is 3. The largest absolute Gasteiger partial charge is 0.480 e. The number of morpholine rings is 1. The van der Waals surface area contributed by atoms with E-state index >= 15 is 0 Å². The third-order valence-corrected chi connectivity index (χ3v) is 6.19. The van der Waals surface area contributed by atoms with E-state index in [1.54, 1.807) is 0 Å². The van der Waals surface area contributed by atoms with E-state index < -0.39 is 25.2 Å². The van der Waals surface area contributed by atoms with E-state index in [2.05, 4.69) is 38.6 Å². The van der Waals surface area contributed by atoms with E-state index in [1.165, 1.54) is 11.1 Å². The number of piperidine rings is 1. The van der Waals surface area contributed by atoms with Gasteiger partial charge in [0.1, 0.15) is 44.8 Å². The molecule has 3 heterocycles. The average molecular weight is 645 g/mol. The molecular formula is C33H44N2O11. The van der Waals surface area contributed by atoms with E-state index in [4.69, 9.17) is 25.4 Å². The number of ketones is 1. The van der Waals surface area contributed by atoms with Crippen LogP contribution in [-0.4, -0.2) is 110 Å². The Hall–Kier alpha value is -4.11. The van der Waals surface area contributed by atoms with Gasteiger partial charge in [-0.15, -0.1) is 0 Å². The van der Waals surface area contributed by atoms with Crippen LogP contribution < -0.4 is 5.73 Å². The summed E-state index contributed by atoms with van der Waals surface area (Å²) in [5.41, 5.74) is 7.86. The van der Waals surface area contributed by atoms with Crippen molar-refractivity contribution in [2.24, 2.45) is 5.73 Å². The first kappa shape index (κ1) is 39.9. The molecule has 252 valence electrons. The fourth-order valence-electron chi connectivity index (χ4n) is 4.19. The molecule has 0 spiro atoms. The molecule has 2 fully saturated rings. The zero-order chi connectivity index (χ0) is 33.8. The maximum atomic E-state index is 11.6. The van der Waals surface area contributed by atoms with Gasteiger partial charge in [0.2, 0.25) is 0 Å². The lowest BCUT2D eigenvalue weighted by Crippen LogP contribution is -2.56. The van der Waals surface area contributed by atoms with Gasteiger partial charge in [0, 0.05) is 38.0 Å². The van der Waals surface area contributed by atoms with Gasteiger partial charge in [0.05, 0.1) is 26.4 Å². The van der Waals surface area contributed by atoms with Crippen molar-refractivity contribution >= 4 is 30.3 Å². The summed E-state index contributed by atoms with van der Waals surface area (Å²) in [5.74, 6) is -1.94. The van der Waals surface area contributed by atoms with Crippen LogP contribution in [0.25, 0.3) is 0 Å². The molecular weight excluding hydrogens is 600 g/mol. The molecule has 5 rings (SSSR count). The number of hydrogen-bond acceptors (Lipinski definition) is 11. The number of Topliss-reactive ketones (excluding diaryl/α,β-unsaturated/α-hetero) is 1. The third kappa shape index (κ3) is 20.0. The number of carbonyl (C=O) groups excluding carboxylic acids is 3. The second kappa shape index (κ2) is 26.1. The fraction of sp³-hybridized carbons (Fsp3) is 0.424. The average Bonchev–Trinajstić information content (AvgIpc) is 3.64. The quantitative estimate of drug-likeness (QED) is 0.183. The van der Waals surface area contributed by atoms with Crippen LogP contribution in [0.5, 0.6) is 0 Å². The summed E-state index contributed by atoms with van der Waals surface area (Å²) in [6.07, 6.45) is 6.54. The van der Waals surface area contributed by atoms with Crippen molar-refractivity contribution in [3.8, 4) is 0 Å². The number of aldehydes is 2. The van der Waals surface area contributed by atoms with E-state index in [0.29, 0.717) is 51.0 Å². The maximum Gasteiger partial charge on any atom is 0.329 e. The Morgan fingerprint density at radius 2 is 1.26 bits per heavy atom. The highest BCUT2D eigenvalue weighted by molar-refractivity contribution is 5.80. The van der Waals surface area contributed by atoms with Gasteiger partial charge in [-0.05, 0) is 11.1 Å². The van der Waals surface area contributed by atoms with Gasteiger partial charge in [-0.2, -0.15) is 0 Å². The maximum absolute atomic E-state index is 11.6. The summed E-state index contributed by atoms with van der Waals surface area (Å²) in [6.45, 7) is 3.52. The molecule has 0 saturated carbocycles. The predicted octanol–water partition coefficient (Wildman–Crippen LogP) is 1.91. The van der Waals surface area contributed by atoms with Crippen LogP contribution in [0.4, 0.5) is 0 Å². The first-order chi connectivity index (χ1) is 22.3. The summed E-state index contributed by atoms with van der Waals surface area (Å²) in [4.78, 5) is 52.2. The monoisotopic (exact) mass is 644 g/mol. The minimum atomic E-state index is -1.17. The Bertz CT molecular complexity index is 1120. The van der Waals surface area contributed by atoms with Crippen LogP contribution in [0.3, 0.4) is 0 Å². The lowest BCUT2D eigenvalue weighted by Gasteiger charge is -2.45. The molecule has 13 heteroatoms. The molecule has 0 aromatic heterocycles. The first-order valence-electron chi connectivity index (χ1n) is 14.6. The van der Waals surface area contributed by atoms with Crippen LogP contribution >= 0.6 is 0 Å². The van der Waals surface area contributed by atoms with Crippen molar-refractivity contribution in [1.29, 1.82) is 0 Å². The van der Waals surface area contributed by atoms with Crippen LogP contribution in [0, 0.1) is 0 Å². The summed E-state index contributed by atoms with van der Waals surface area (Å²) in [6, 6.07) is 21.0. The Morgan fingerprint density at radius 1 is 0.783 bits per heavy atom. The molecule has 2 bridgehead atoms. The van der Waals surface area contributed by atoms with Gasteiger partial charge in [-0.3, -0.25) is 9.69 Å². The van der Waals surface area contributed by atoms with Crippen LogP contribution in [-0.2, 0) is 56.0 Å². The molecule has 2 saturated heterocycles. The van der Waals surface area contributed by atoms with E-state index in [0.717, 1.165) is 19.8 Å². The third-order valence-electron chi connectivity index (χ3n) is 6.19. The molecule has 4 N–H and O–H groups in total. The summed E-state index contributed by atoms with van der Waals surface area (Å²) in [5, 5.41) is 15.8. The number of nitrogens with two attached hydrogens (primary N) is 1. The molecule has 46 heavy (non-hydrogen) atoms. The van der Waals surface area contributed by atoms with Crippen molar-refractivity contribution in [3.05, 3.63) is 83.9 Å². The highest BCUT2D eigenvalue weighted by Crippen LogP contribution is 2.27. The number of aliphatic carboxylic acids is 2. The number of carbonyl (C=O) groups is 5. The van der Waals surface area contributed by atoms with Gasteiger partial charge in [-0.1, -0.05) is 72.8 Å². The smallest absolute Gasteiger partial charge is 0.329 e. The fourth-order valence-corrected chi connectivity index (χ4v) is 4.19. The van der Waals surface area contributed by atoms with E-state index in [-0.39, 0.29) is 25.3 Å². The van der Waals surface area contributed by atoms with Crippen molar-refractivity contribution in [2.45, 2.75) is 38.0 Å². The van der Waals surface area contributed by atoms with Crippen molar-refractivity contribution in [2.75, 3.05) is 52.9 Å². The minimum Gasteiger partial charge on any atom is -0.480 e. The van der Waals surface area contributed by atoms with Crippen molar-refractivity contribution in [1.82, 2.24) is 4.90 Å². The second-order valence-electron chi connectivity index (χ2n) is 9.80. The molecule has 3 aliphatic rings. The molecule has 0 aliphatic carbocycles. The standard InChI is InChI=1S/C14H17NO2.C7H9N.C4H6O5.C4H6O3.C4H6O/c16-14-6-12-9-17-10-13(7-14)15(12)8-11-4-2-1-3-5-11;8-6-7-4-2-1-3-5-7;5-3(6)1-9-2-4(7)8;5-1-3-7-4-2-6;1-2-4-5-3-1/h1-5,12-13H,6-10H2;1-5H,6,8H2;1-2H2,(H,5,6)(H,7,8);1-2H,3-4H2;1-2H,3-4H2. The zero-order valence-corrected chi connectivity index (χ0v) is 25.8. The SMILES string of the molecule is C1=CCOC1.NCc1ccccc1.O=C(O)COCC(=O)O.O=C1CC2COCC(C1)N2Cc1ccccc1.O=CCOCC=O. The lowest BCUT2D eigenvalue weighted by molar-refractivity contribution is -0.148. The highest BCUT2D eigenvalue weighted by Gasteiger charge is 2.38. The van der Waals surface area contributed by atoms with Crippen LogP contribution in [0.1, 0.15) is 24.0 Å². The van der Waals surface area contributed by atoms with Crippen LogP contribution in [0.2, 0.25) is 0 Å². The Kier molecular flexibility index (Phi) is 22.7. The molecule has 2 aromatic carbocycles. The number of carboxylic acid groups (broad SMARTS) is 2. The van der Waals surface area contributed by atoms with Gasteiger partial charge < -0.3 is 44.5 Å². The number of fused-ring (bicyclic) bond motifs is 2. The first-order valence-corrected chi connectivity index (χ1v) is 14.6. The molecule has 0 radical (unpaired) electrons. The highest BCUT2D eigenvalue weighted by atomic mass is 16.5. The number of carboxylic acids is 2. The van der Waals surface area contributed by atoms with E-state index in [1.807, 2.05) is 48.6 Å². The second-order valence-corrected chi connectivity index (χ2v) is 9.80. The summed E-state index contributed by atoms with van der Waals surface area (Å²) < 4.78 is 18.9. The minimum absolute atomic E-state index is 0.0126. The van der Waals surface area contributed by atoms with Crippen LogP contribution in [0.15, 0.2) is 72.8 Å². The summed E-state index contributed by atoms with van der Waals surface area (Å²) in [7, 11) is 0. The number of rotatable bonds is 11. The van der Waals surface area contributed by atoms with Crippen molar-refractivity contribution in [3.63, 3.8) is 0 Å². The molecule has 2 atom stereocenters. The van der Waals surface area contributed by atoms with Gasteiger partial charge in [0.15, 0.2) is 0 Å². The lowest BCUT2D eigenvalue weighted by atomic mass is 9.92. The molecule has 13 nitrogen and oxygen atoms in total. The van der Waals surface area contributed by atoms with Gasteiger partial charge in [0.25, 0.3) is 0 Å². The zero-order valence-electron chi connectivity index (χ0n) is 25.8. The predicted molar refractivity (Wildman–Crippen MR) is 168 cm³/mol. The Labute approximate surface area is 268 Å². The van der Waals surface area contributed by atoms with Crippen molar-refractivity contribution < 1.29 is 53.1 Å². The topological polar surface area (TPSA) is 192 Å². The molecule has 2 unspecified atom stereocenters. The number of ether oxygens (including phenoxy) is 4. The Morgan fingerprint density at radius 3 is 1.63 bits per heavy atom. The normalized spacial score (nSPS) is 17.6. The molecule has 0 amide bonds.